The molecule has 2 aromatic rings. The highest BCUT2D eigenvalue weighted by Crippen LogP contribution is 2.24. The number of amides is 1. The van der Waals surface area contributed by atoms with Crippen LogP contribution in [0.4, 0.5) is 0 Å². The average Bonchev–Trinajstić information content (AvgIpc) is 2.75. The van der Waals surface area contributed by atoms with Crippen molar-refractivity contribution in [2.45, 2.75) is 51.5 Å². The predicted octanol–water partition coefficient (Wildman–Crippen LogP) is 4.22. The minimum absolute atomic E-state index is 0.173. The van der Waals surface area contributed by atoms with Gasteiger partial charge in [-0.2, -0.15) is 5.26 Å². The Balaban J connectivity index is 1.84. The standard InChI is InChI=1S/C20H23N3O/c1-14-18(17-10-6-7-11-19(17)22-14)12-15(13-21)20(24)23-16-8-4-2-3-5-9-16/h6-7,10-12,16,22H,2-5,8-9H2,1H3,(H,23,24). The summed E-state index contributed by atoms with van der Waals surface area (Å²) in [6, 6.07) is 10.2. The van der Waals surface area contributed by atoms with Crippen LogP contribution < -0.4 is 5.32 Å². The molecule has 124 valence electrons. The minimum Gasteiger partial charge on any atom is -0.358 e. The number of carbonyl (C=O) groups excluding carboxylic acids is 1. The number of nitriles is 1. The van der Waals surface area contributed by atoms with E-state index in [1.165, 1.54) is 12.8 Å². The molecule has 1 aromatic heterocycles. The van der Waals surface area contributed by atoms with Crippen molar-refractivity contribution in [2.24, 2.45) is 0 Å². The van der Waals surface area contributed by atoms with E-state index in [1.54, 1.807) is 6.08 Å². The molecule has 24 heavy (non-hydrogen) atoms. The minimum atomic E-state index is -0.255. The fourth-order valence-electron chi connectivity index (χ4n) is 3.46. The van der Waals surface area contributed by atoms with Crippen LogP contribution in [-0.2, 0) is 4.79 Å². The Morgan fingerprint density at radius 2 is 1.96 bits per heavy atom. The molecule has 1 heterocycles. The first-order valence-corrected chi connectivity index (χ1v) is 8.69. The molecule has 0 radical (unpaired) electrons. The largest absolute Gasteiger partial charge is 0.358 e. The Morgan fingerprint density at radius 3 is 2.67 bits per heavy atom. The number of aryl methyl sites for hydroxylation is 1. The van der Waals surface area contributed by atoms with Crippen LogP contribution in [0, 0.1) is 18.3 Å². The second-order valence-corrected chi connectivity index (χ2v) is 6.54. The Hall–Kier alpha value is -2.54. The first kappa shape index (κ1) is 16.3. The molecule has 2 N–H and O–H groups in total. The van der Waals surface area contributed by atoms with E-state index in [1.807, 2.05) is 31.2 Å². The molecule has 4 heteroatoms. The maximum absolute atomic E-state index is 12.5. The number of hydrogen-bond acceptors (Lipinski definition) is 2. The molecule has 1 saturated carbocycles. The SMILES string of the molecule is Cc1[nH]c2ccccc2c1C=C(C#N)C(=O)NC1CCCCCC1. The number of fused-ring (bicyclic) bond motifs is 1. The van der Waals surface area contributed by atoms with E-state index in [4.69, 9.17) is 0 Å². The number of carbonyl (C=O) groups is 1. The van der Waals surface area contributed by atoms with E-state index in [9.17, 15) is 10.1 Å². The normalized spacial score (nSPS) is 16.6. The van der Waals surface area contributed by atoms with E-state index in [0.29, 0.717) is 0 Å². The third kappa shape index (κ3) is 3.51. The number of benzene rings is 1. The van der Waals surface area contributed by atoms with Gasteiger partial charge in [0.1, 0.15) is 11.6 Å². The van der Waals surface area contributed by atoms with Gasteiger partial charge in [0.25, 0.3) is 5.91 Å². The zero-order valence-electron chi connectivity index (χ0n) is 14.1. The van der Waals surface area contributed by atoms with Gasteiger partial charge in [-0.25, -0.2) is 0 Å². The number of hydrogen-bond donors (Lipinski definition) is 2. The second-order valence-electron chi connectivity index (χ2n) is 6.54. The molecule has 4 nitrogen and oxygen atoms in total. The summed E-state index contributed by atoms with van der Waals surface area (Å²) >= 11 is 0. The second kappa shape index (κ2) is 7.35. The predicted molar refractivity (Wildman–Crippen MR) is 96.3 cm³/mol. The van der Waals surface area contributed by atoms with Crippen molar-refractivity contribution in [3.8, 4) is 6.07 Å². The van der Waals surface area contributed by atoms with Gasteiger partial charge in [-0.1, -0.05) is 43.9 Å². The number of rotatable bonds is 3. The summed E-state index contributed by atoms with van der Waals surface area (Å²) in [6.07, 6.45) is 8.51. The quantitative estimate of drug-likeness (QED) is 0.505. The molecule has 0 atom stereocenters. The third-order valence-corrected chi connectivity index (χ3v) is 4.79. The lowest BCUT2D eigenvalue weighted by Crippen LogP contribution is -2.35. The van der Waals surface area contributed by atoms with Crippen molar-refractivity contribution in [3.63, 3.8) is 0 Å². The van der Waals surface area contributed by atoms with Crippen molar-refractivity contribution >= 4 is 22.9 Å². The molecule has 1 aliphatic carbocycles. The highest BCUT2D eigenvalue weighted by molar-refractivity contribution is 6.04. The third-order valence-electron chi connectivity index (χ3n) is 4.79. The summed E-state index contributed by atoms with van der Waals surface area (Å²) in [7, 11) is 0. The summed E-state index contributed by atoms with van der Waals surface area (Å²) < 4.78 is 0. The smallest absolute Gasteiger partial charge is 0.262 e. The summed E-state index contributed by atoms with van der Waals surface area (Å²) in [5.74, 6) is -0.255. The lowest BCUT2D eigenvalue weighted by Gasteiger charge is -2.15. The topological polar surface area (TPSA) is 68.7 Å². The molecule has 1 fully saturated rings. The van der Waals surface area contributed by atoms with E-state index < -0.39 is 0 Å². The summed E-state index contributed by atoms with van der Waals surface area (Å²) in [6.45, 7) is 1.96. The zero-order chi connectivity index (χ0) is 16.9. The van der Waals surface area contributed by atoms with Gasteiger partial charge < -0.3 is 10.3 Å². The first-order chi connectivity index (χ1) is 11.7. The van der Waals surface area contributed by atoms with Crippen LogP contribution in [-0.4, -0.2) is 16.9 Å². The Morgan fingerprint density at radius 1 is 1.25 bits per heavy atom. The Bertz CT molecular complexity index is 802. The number of para-hydroxylation sites is 1. The number of aromatic nitrogens is 1. The summed E-state index contributed by atoms with van der Waals surface area (Å²) in [4.78, 5) is 15.8. The van der Waals surface area contributed by atoms with E-state index in [2.05, 4.69) is 16.4 Å². The number of nitrogens with one attached hydrogen (secondary N) is 2. The summed E-state index contributed by atoms with van der Waals surface area (Å²) in [5.41, 5.74) is 3.07. The van der Waals surface area contributed by atoms with Crippen LogP contribution in [0.2, 0.25) is 0 Å². The molecule has 1 aromatic carbocycles. The molecule has 0 bridgehead atoms. The van der Waals surface area contributed by atoms with Crippen LogP contribution >= 0.6 is 0 Å². The Kier molecular flexibility index (Phi) is 5.00. The van der Waals surface area contributed by atoms with Crippen molar-refractivity contribution in [3.05, 3.63) is 41.1 Å². The molecule has 0 aliphatic heterocycles. The van der Waals surface area contributed by atoms with E-state index in [0.717, 1.165) is 47.8 Å². The highest BCUT2D eigenvalue weighted by Gasteiger charge is 2.18. The molecule has 0 spiro atoms. The van der Waals surface area contributed by atoms with Crippen molar-refractivity contribution in [1.82, 2.24) is 10.3 Å². The van der Waals surface area contributed by atoms with Gasteiger partial charge in [0, 0.05) is 28.2 Å². The highest BCUT2D eigenvalue weighted by atomic mass is 16.1. The van der Waals surface area contributed by atoms with Crippen molar-refractivity contribution < 1.29 is 4.79 Å². The lowest BCUT2D eigenvalue weighted by molar-refractivity contribution is -0.117. The molecule has 1 aliphatic rings. The average molecular weight is 321 g/mol. The van der Waals surface area contributed by atoms with Crippen molar-refractivity contribution in [1.29, 1.82) is 5.26 Å². The van der Waals surface area contributed by atoms with Gasteiger partial charge in [-0.05, 0) is 31.9 Å². The maximum Gasteiger partial charge on any atom is 0.262 e. The van der Waals surface area contributed by atoms with Crippen LogP contribution in [0.25, 0.3) is 17.0 Å². The van der Waals surface area contributed by atoms with Gasteiger partial charge in [0.05, 0.1) is 0 Å². The molecular weight excluding hydrogens is 298 g/mol. The lowest BCUT2D eigenvalue weighted by atomic mass is 10.1. The zero-order valence-corrected chi connectivity index (χ0v) is 14.1. The fourth-order valence-corrected chi connectivity index (χ4v) is 3.46. The molecule has 1 amide bonds. The monoisotopic (exact) mass is 321 g/mol. The fraction of sp³-hybridized carbons (Fsp3) is 0.400. The van der Waals surface area contributed by atoms with Gasteiger partial charge >= 0.3 is 0 Å². The molecule has 3 rings (SSSR count). The molecule has 0 saturated heterocycles. The van der Waals surface area contributed by atoms with Crippen molar-refractivity contribution in [2.75, 3.05) is 0 Å². The van der Waals surface area contributed by atoms with E-state index >= 15 is 0 Å². The molecular formula is C20H23N3O. The van der Waals surface area contributed by atoms with Gasteiger partial charge in [-0.3, -0.25) is 4.79 Å². The number of aromatic amines is 1. The van der Waals surface area contributed by atoms with Crippen LogP contribution in [0.15, 0.2) is 29.8 Å². The maximum atomic E-state index is 12.5. The van der Waals surface area contributed by atoms with Gasteiger partial charge in [-0.15, -0.1) is 0 Å². The number of nitrogens with zero attached hydrogens (tertiary/aromatic N) is 1. The van der Waals surface area contributed by atoms with Crippen LogP contribution in [0.5, 0.6) is 0 Å². The van der Waals surface area contributed by atoms with Crippen LogP contribution in [0.1, 0.15) is 49.8 Å². The van der Waals surface area contributed by atoms with Crippen LogP contribution in [0.3, 0.4) is 0 Å². The van der Waals surface area contributed by atoms with E-state index in [-0.39, 0.29) is 17.5 Å². The Labute approximate surface area is 142 Å². The first-order valence-electron chi connectivity index (χ1n) is 8.69. The van der Waals surface area contributed by atoms with Gasteiger partial charge in [0.2, 0.25) is 0 Å². The molecule has 0 unspecified atom stereocenters. The van der Waals surface area contributed by atoms with Gasteiger partial charge in [0.15, 0.2) is 0 Å². The summed E-state index contributed by atoms with van der Waals surface area (Å²) in [5, 5.41) is 13.5. The number of H-pyrrole nitrogens is 1.